The molecule has 0 radical (unpaired) electrons. The van der Waals surface area contributed by atoms with Gasteiger partial charge in [-0.1, -0.05) is 91.0 Å². The first-order valence-corrected chi connectivity index (χ1v) is 13.3. The number of hydrogen-bond acceptors (Lipinski definition) is 4. The average molecular weight is 499 g/mol. The van der Waals surface area contributed by atoms with E-state index in [1.54, 1.807) is 0 Å². The van der Waals surface area contributed by atoms with E-state index in [1.165, 1.54) is 16.7 Å². The van der Waals surface area contributed by atoms with Crippen LogP contribution in [0, 0.1) is 0 Å². The smallest absolute Gasteiger partial charge is 0.411 e. The van der Waals surface area contributed by atoms with E-state index in [-0.39, 0.29) is 18.7 Å². The molecular weight excluding hydrogens is 460 g/mol. The Kier molecular flexibility index (Phi) is 6.86. The van der Waals surface area contributed by atoms with Gasteiger partial charge in [0.2, 0.25) is 0 Å². The van der Waals surface area contributed by atoms with Gasteiger partial charge in [0.1, 0.15) is 5.60 Å². The molecule has 0 saturated carbocycles. The van der Waals surface area contributed by atoms with Gasteiger partial charge in [-0.15, -0.1) is 0 Å². The minimum Gasteiger partial charge on any atom is -0.444 e. The van der Waals surface area contributed by atoms with Gasteiger partial charge in [-0.25, -0.2) is 4.79 Å². The van der Waals surface area contributed by atoms with Crippen LogP contribution in [0.4, 0.5) is 4.79 Å². The highest BCUT2D eigenvalue weighted by molar-refractivity contribution is 5.71. The van der Waals surface area contributed by atoms with E-state index in [0.29, 0.717) is 19.5 Å². The van der Waals surface area contributed by atoms with Crippen molar-refractivity contribution in [2.45, 2.75) is 62.8 Å². The van der Waals surface area contributed by atoms with Gasteiger partial charge in [0.05, 0.1) is 11.1 Å². The zero-order valence-corrected chi connectivity index (χ0v) is 22.1. The van der Waals surface area contributed by atoms with E-state index >= 15 is 0 Å². The Labute approximate surface area is 220 Å². The lowest BCUT2D eigenvalue weighted by molar-refractivity contribution is -0.0551. The van der Waals surface area contributed by atoms with E-state index in [9.17, 15) is 9.90 Å². The summed E-state index contributed by atoms with van der Waals surface area (Å²) in [5.41, 5.74) is 1.96. The van der Waals surface area contributed by atoms with Gasteiger partial charge < -0.3 is 9.84 Å². The molecule has 2 heterocycles. The quantitative estimate of drug-likeness (QED) is 0.436. The van der Waals surface area contributed by atoms with Crippen LogP contribution in [0.5, 0.6) is 0 Å². The highest BCUT2D eigenvalue weighted by Crippen LogP contribution is 2.50. The van der Waals surface area contributed by atoms with Crippen LogP contribution in [0.3, 0.4) is 0 Å². The molecule has 0 spiro atoms. The second-order valence-electron chi connectivity index (χ2n) is 11.4. The first kappa shape index (κ1) is 25.5. The monoisotopic (exact) mass is 498 g/mol. The number of aliphatic hydroxyl groups is 1. The Morgan fingerprint density at radius 2 is 1.38 bits per heavy atom. The van der Waals surface area contributed by atoms with Gasteiger partial charge >= 0.3 is 6.09 Å². The van der Waals surface area contributed by atoms with Crippen LogP contribution >= 0.6 is 0 Å². The number of piperazine rings is 1. The molecule has 0 aromatic heterocycles. The Morgan fingerprint density at radius 1 is 0.892 bits per heavy atom. The van der Waals surface area contributed by atoms with Gasteiger partial charge in [-0.3, -0.25) is 9.80 Å². The number of carbonyl (C=O) groups is 1. The Bertz CT molecular complexity index is 1090. The minimum absolute atomic E-state index is 0.00524. The summed E-state index contributed by atoms with van der Waals surface area (Å²) < 4.78 is 5.89. The van der Waals surface area contributed by atoms with Gasteiger partial charge in [0.25, 0.3) is 0 Å². The topological polar surface area (TPSA) is 53.0 Å². The summed E-state index contributed by atoms with van der Waals surface area (Å²) in [6.45, 7) is 7.11. The molecule has 3 aromatic carbocycles. The fraction of sp³-hybridized carbons (Fsp3) is 0.406. The molecule has 1 N–H and O–H groups in total. The van der Waals surface area contributed by atoms with Gasteiger partial charge in [-0.05, 0) is 56.7 Å². The van der Waals surface area contributed by atoms with E-state index in [0.717, 1.165) is 12.8 Å². The molecule has 1 amide bonds. The van der Waals surface area contributed by atoms with Crippen molar-refractivity contribution in [2.75, 3.05) is 19.7 Å². The molecule has 2 saturated heterocycles. The minimum atomic E-state index is -0.573. The zero-order valence-electron chi connectivity index (χ0n) is 22.1. The number of carbonyl (C=O) groups excluding carboxylic acids is 1. The van der Waals surface area contributed by atoms with Crippen molar-refractivity contribution in [3.05, 3.63) is 108 Å². The summed E-state index contributed by atoms with van der Waals surface area (Å²) in [6.07, 6.45) is 1.99. The molecular formula is C32H38N2O3. The van der Waals surface area contributed by atoms with Gasteiger partial charge in [-0.2, -0.15) is 0 Å². The molecule has 5 rings (SSSR count). The second kappa shape index (κ2) is 9.96. The number of fused-ring (bicyclic) bond motifs is 2. The molecule has 194 valence electrons. The largest absolute Gasteiger partial charge is 0.444 e. The average Bonchev–Trinajstić information content (AvgIpc) is 3.12. The van der Waals surface area contributed by atoms with Crippen molar-refractivity contribution in [3.8, 4) is 0 Å². The van der Waals surface area contributed by atoms with Crippen molar-refractivity contribution in [3.63, 3.8) is 0 Å². The molecule has 2 atom stereocenters. The lowest BCUT2D eigenvalue weighted by atomic mass is 9.74. The fourth-order valence-corrected chi connectivity index (χ4v) is 6.60. The maximum absolute atomic E-state index is 13.5. The molecule has 2 unspecified atom stereocenters. The maximum Gasteiger partial charge on any atom is 0.411 e. The van der Waals surface area contributed by atoms with Crippen molar-refractivity contribution in [2.24, 2.45) is 0 Å². The summed E-state index contributed by atoms with van der Waals surface area (Å²) in [6, 6.07) is 32.0. The van der Waals surface area contributed by atoms with Crippen LogP contribution < -0.4 is 0 Å². The molecule has 2 aliphatic rings. The van der Waals surface area contributed by atoms with E-state index in [4.69, 9.17) is 4.74 Å². The molecule has 2 fully saturated rings. The number of rotatable bonds is 6. The molecule has 3 aromatic rings. The molecule has 37 heavy (non-hydrogen) atoms. The van der Waals surface area contributed by atoms with Crippen molar-refractivity contribution >= 4 is 6.09 Å². The Balaban J connectivity index is 1.68. The van der Waals surface area contributed by atoms with Crippen LogP contribution in [0.1, 0.15) is 56.7 Å². The molecule has 5 nitrogen and oxygen atoms in total. The van der Waals surface area contributed by atoms with Gasteiger partial charge in [0.15, 0.2) is 0 Å². The van der Waals surface area contributed by atoms with E-state index in [1.807, 2.05) is 25.7 Å². The van der Waals surface area contributed by atoms with Crippen LogP contribution in [-0.4, -0.2) is 57.9 Å². The summed E-state index contributed by atoms with van der Waals surface area (Å²) in [4.78, 5) is 18.1. The number of ether oxygens (including phenoxy) is 1. The molecule has 5 heteroatoms. The lowest BCUT2D eigenvalue weighted by Crippen LogP contribution is -2.68. The molecule has 0 aliphatic carbocycles. The number of nitrogens with zero attached hydrogens (tertiary/aromatic N) is 2. The summed E-state index contributed by atoms with van der Waals surface area (Å²) in [5, 5.41) is 10.2. The lowest BCUT2D eigenvalue weighted by Gasteiger charge is -2.55. The van der Waals surface area contributed by atoms with E-state index < -0.39 is 16.7 Å². The predicted octanol–water partition coefficient (Wildman–Crippen LogP) is 5.81. The fourth-order valence-electron chi connectivity index (χ4n) is 6.60. The Morgan fingerprint density at radius 3 is 1.81 bits per heavy atom. The third-order valence-electron chi connectivity index (χ3n) is 7.95. The number of benzene rings is 3. The number of aliphatic hydroxyl groups excluding tert-OH is 1. The SMILES string of the molecule is CC(C)(C)OC(=O)N1C2CCC1(CCO)CN(C(c1ccccc1)(c1ccccc1)c1ccccc1)C2. The zero-order chi connectivity index (χ0) is 26.1. The van der Waals surface area contributed by atoms with Crippen LogP contribution in [0.15, 0.2) is 91.0 Å². The van der Waals surface area contributed by atoms with Crippen molar-refractivity contribution in [1.82, 2.24) is 9.80 Å². The summed E-state index contributed by atoms with van der Waals surface area (Å²) in [5.74, 6) is 0. The third kappa shape index (κ3) is 4.55. The molecule has 2 aliphatic heterocycles. The first-order valence-electron chi connectivity index (χ1n) is 13.3. The van der Waals surface area contributed by atoms with Gasteiger partial charge in [0, 0.05) is 25.7 Å². The Hall–Kier alpha value is -3.15. The van der Waals surface area contributed by atoms with Crippen molar-refractivity contribution < 1.29 is 14.6 Å². The van der Waals surface area contributed by atoms with Crippen LogP contribution in [0.25, 0.3) is 0 Å². The summed E-state index contributed by atoms with van der Waals surface area (Å²) in [7, 11) is 0. The molecule has 2 bridgehead atoms. The van der Waals surface area contributed by atoms with Crippen LogP contribution in [0.2, 0.25) is 0 Å². The predicted molar refractivity (Wildman–Crippen MR) is 146 cm³/mol. The van der Waals surface area contributed by atoms with Crippen molar-refractivity contribution in [1.29, 1.82) is 0 Å². The highest BCUT2D eigenvalue weighted by atomic mass is 16.6. The standard InChI is InChI=1S/C32H38N2O3/c1-30(2,3)37-29(36)34-28-19-20-31(34,21-22-35)24-33(23-28)32(25-13-7-4-8-14-25,26-15-9-5-10-16-26)27-17-11-6-12-18-27/h4-18,28,35H,19-24H2,1-3H3. The summed E-state index contributed by atoms with van der Waals surface area (Å²) >= 11 is 0. The maximum atomic E-state index is 13.5. The normalized spacial score (nSPS) is 22.2. The highest BCUT2D eigenvalue weighted by Gasteiger charge is 2.58. The van der Waals surface area contributed by atoms with E-state index in [2.05, 4.69) is 95.9 Å². The number of hydrogen-bond donors (Lipinski definition) is 1. The second-order valence-corrected chi connectivity index (χ2v) is 11.4. The number of likely N-dealkylation sites (tertiary alicyclic amines) is 1. The third-order valence-corrected chi connectivity index (χ3v) is 7.95. The van der Waals surface area contributed by atoms with Crippen LogP contribution in [-0.2, 0) is 10.3 Å². The first-order chi connectivity index (χ1) is 17.8. The number of amides is 1.